The van der Waals surface area contributed by atoms with Gasteiger partial charge in [-0.3, -0.25) is 5.43 Å². The lowest BCUT2D eigenvalue weighted by Crippen LogP contribution is -2.24. The van der Waals surface area contributed by atoms with E-state index in [1.807, 2.05) is 0 Å². The van der Waals surface area contributed by atoms with Gasteiger partial charge in [-0.1, -0.05) is 29.8 Å². The van der Waals surface area contributed by atoms with E-state index in [2.05, 4.69) is 15.8 Å². The summed E-state index contributed by atoms with van der Waals surface area (Å²) >= 11 is 10.7. The lowest BCUT2D eigenvalue weighted by atomic mass is 10.1. The van der Waals surface area contributed by atoms with Gasteiger partial charge in [-0.05, 0) is 36.5 Å². The highest BCUT2D eigenvalue weighted by Crippen LogP contribution is 2.34. The molecule has 0 saturated carbocycles. The topological polar surface area (TPSA) is 36.4 Å². The summed E-state index contributed by atoms with van der Waals surface area (Å²) in [7, 11) is 0. The van der Waals surface area contributed by atoms with E-state index in [1.165, 1.54) is 18.2 Å². The van der Waals surface area contributed by atoms with Gasteiger partial charge in [0, 0.05) is 5.56 Å². The molecular formula is C16H10ClF6N3S. The van der Waals surface area contributed by atoms with Crippen LogP contribution in [-0.2, 0) is 12.4 Å². The third kappa shape index (κ3) is 5.83. The van der Waals surface area contributed by atoms with Crippen molar-refractivity contribution in [3.63, 3.8) is 0 Å². The van der Waals surface area contributed by atoms with Crippen molar-refractivity contribution in [3.8, 4) is 0 Å². The predicted octanol–water partition coefficient (Wildman–Crippen LogP) is 5.70. The number of halogens is 7. The maximum Gasteiger partial charge on any atom is 0.417 e. The Balaban J connectivity index is 2.09. The number of benzene rings is 2. The molecule has 0 atom stereocenters. The van der Waals surface area contributed by atoms with Gasteiger partial charge in [0.05, 0.1) is 28.1 Å². The zero-order valence-corrected chi connectivity index (χ0v) is 14.7. The van der Waals surface area contributed by atoms with Crippen molar-refractivity contribution in [2.75, 3.05) is 5.32 Å². The number of hydrogen-bond donors (Lipinski definition) is 2. The Kier molecular flexibility index (Phi) is 6.32. The van der Waals surface area contributed by atoms with Gasteiger partial charge in [-0.15, -0.1) is 0 Å². The fraction of sp³-hybridized carbons (Fsp3) is 0.125. The zero-order valence-electron chi connectivity index (χ0n) is 13.1. The van der Waals surface area contributed by atoms with E-state index in [1.54, 1.807) is 0 Å². The van der Waals surface area contributed by atoms with Gasteiger partial charge >= 0.3 is 12.4 Å². The molecule has 2 aromatic rings. The summed E-state index contributed by atoms with van der Waals surface area (Å²) in [5, 5.41) is 5.69. The molecule has 11 heteroatoms. The second-order valence-electron chi connectivity index (χ2n) is 5.10. The van der Waals surface area contributed by atoms with Gasteiger partial charge in [-0.25, -0.2) is 0 Å². The van der Waals surface area contributed by atoms with Crippen molar-refractivity contribution in [1.82, 2.24) is 5.43 Å². The van der Waals surface area contributed by atoms with E-state index in [9.17, 15) is 26.3 Å². The van der Waals surface area contributed by atoms with Crippen molar-refractivity contribution in [2.24, 2.45) is 5.10 Å². The summed E-state index contributed by atoms with van der Waals surface area (Å²) in [4.78, 5) is 0. The minimum absolute atomic E-state index is 0.0291. The first-order valence-corrected chi connectivity index (χ1v) is 7.90. The van der Waals surface area contributed by atoms with E-state index < -0.39 is 23.5 Å². The summed E-state index contributed by atoms with van der Waals surface area (Å²) in [6.07, 6.45) is -8.24. The van der Waals surface area contributed by atoms with Crippen molar-refractivity contribution in [2.45, 2.75) is 12.4 Å². The standard InChI is InChI=1S/C16H10ClF6N3S/c17-12-6-5-10(15(18,19)20)7-13(12)25-14(27)26-24-8-9-3-1-2-4-11(9)16(21,22)23/h1-8H,(H2,25,26,27)/b24-8-. The normalized spacial score (nSPS) is 12.3. The van der Waals surface area contributed by atoms with Crippen LogP contribution >= 0.6 is 23.8 Å². The van der Waals surface area contributed by atoms with Gasteiger partial charge in [-0.2, -0.15) is 31.4 Å². The number of anilines is 1. The fourth-order valence-corrected chi connectivity index (χ4v) is 2.30. The van der Waals surface area contributed by atoms with Crippen LogP contribution in [0.1, 0.15) is 16.7 Å². The Morgan fingerprint density at radius 2 is 1.67 bits per heavy atom. The van der Waals surface area contributed by atoms with Crippen LogP contribution in [0, 0.1) is 0 Å². The summed E-state index contributed by atoms with van der Waals surface area (Å²) < 4.78 is 76.8. The Bertz CT molecular complexity index is 864. The second-order valence-corrected chi connectivity index (χ2v) is 5.92. The number of hydrazone groups is 1. The number of nitrogens with one attached hydrogen (secondary N) is 2. The zero-order chi connectivity index (χ0) is 20.2. The molecule has 0 heterocycles. The molecule has 0 aromatic heterocycles. The third-order valence-electron chi connectivity index (χ3n) is 3.18. The summed E-state index contributed by atoms with van der Waals surface area (Å²) in [6.45, 7) is 0. The lowest BCUT2D eigenvalue weighted by molar-refractivity contribution is -0.138. The number of nitrogens with zero attached hydrogens (tertiary/aromatic N) is 1. The first-order chi connectivity index (χ1) is 12.5. The molecule has 0 bridgehead atoms. The number of thiocarbonyl (C=S) groups is 1. The van der Waals surface area contributed by atoms with Crippen molar-refractivity contribution >= 4 is 40.8 Å². The van der Waals surface area contributed by atoms with E-state index in [-0.39, 0.29) is 21.4 Å². The van der Waals surface area contributed by atoms with Crippen molar-refractivity contribution < 1.29 is 26.3 Å². The van der Waals surface area contributed by atoms with Crippen LogP contribution in [0.3, 0.4) is 0 Å². The smallest absolute Gasteiger partial charge is 0.330 e. The number of hydrogen-bond acceptors (Lipinski definition) is 2. The molecule has 0 spiro atoms. The largest absolute Gasteiger partial charge is 0.417 e. The third-order valence-corrected chi connectivity index (χ3v) is 3.70. The van der Waals surface area contributed by atoms with E-state index in [4.69, 9.17) is 23.8 Å². The Labute approximate surface area is 160 Å². The highest BCUT2D eigenvalue weighted by molar-refractivity contribution is 7.80. The molecule has 144 valence electrons. The van der Waals surface area contributed by atoms with Crippen LogP contribution < -0.4 is 10.7 Å². The van der Waals surface area contributed by atoms with Crippen LogP contribution in [0.25, 0.3) is 0 Å². The molecule has 0 aliphatic carbocycles. The molecule has 2 aromatic carbocycles. The van der Waals surface area contributed by atoms with Crippen molar-refractivity contribution in [3.05, 3.63) is 64.2 Å². The maximum absolute atomic E-state index is 12.9. The number of alkyl halides is 6. The SMILES string of the molecule is FC(F)(F)c1ccc(Cl)c(NC(=S)N/N=C\c2ccccc2C(F)(F)F)c1. The van der Waals surface area contributed by atoms with Crippen LogP contribution in [-0.4, -0.2) is 11.3 Å². The quantitative estimate of drug-likeness (QED) is 0.287. The van der Waals surface area contributed by atoms with Crippen LogP contribution in [0.4, 0.5) is 32.0 Å². The Morgan fingerprint density at radius 3 is 2.30 bits per heavy atom. The monoisotopic (exact) mass is 425 g/mol. The minimum Gasteiger partial charge on any atom is -0.330 e. The van der Waals surface area contributed by atoms with Crippen LogP contribution in [0.2, 0.25) is 5.02 Å². The minimum atomic E-state index is -4.57. The van der Waals surface area contributed by atoms with Gasteiger partial charge in [0.1, 0.15) is 0 Å². The highest BCUT2D eigenvalue weighted by atomic mass is 35.5. The van der Waals surface area contributed by atoms with Gasteiger partial charge in [0.25, 0.3) is 0 Å². The van der Waals surface area contributed by atoms with Crippen molar-refractivity contribution in [1.29, 1.82) is 0 Å². The molecule has 0 fully saturated rings. The first-order valence-electron chi connectivity index (χ1n) is 7.11. The highest BCUT2D eigenvalue weighted by Gasteiger charge is 2.32. The molecule has 27 heavy (non-hydrogen) atoms. The average Bonchev–Trinajstić information content (AvgIpc) is 2.55. The van der Waals surface area contributed by atoms with Crippen LogP contribution in [0.15, 0.2) is 47.6 Å². The van der Waals surface area contributed by atoms with E-state index in [0.29, 0.717) is 0 Å². The van der Waals surface area contributed by atoms with Crippen LogP contribution in [0.5, 0.6) is 0 Å². The first kappa shape index (κ1) is 21.0. The summed E-state index contributed by atoms with van der Waals surface area (Å²) in [5.74, 6) is 0. The number of rotatable bonds is 3. The van der Waals surface area contributed by atoms with Gasteiger partial charge in [0.15, 0.2) is 5.11 Å². The van der Waals surface area contributed by atoms with E-state index >= 15 is 0 Å². The molecule has 0 amide bonds. The molecular weight excluding hydrogens is 416 g/mol. The average molecular weight is 426 g/mol. The van der Waals surface area contributed by atoms with Gasteiger partial charge < -0.3 is 5.32 Å². The van der Waals surface area contributed by atoms with Gasteiger partial charge in [0.2, 0.25) is 0 Å². The second kappa shape index (κ2) is 8.13. The summed E-state index contributed by atoms with van der Waals surface area (Å²) in [5.41, 5.74) is 0.0480. The lowest BCUT2D eigenvalue weighted by Gasteiger charge is -2.12. The Morgan fingerprint density at radius 1 is 1.00 bits per heavy atom. The molecule has 2 rings (SSSR count). The molecule has 3 nitrogen and oxygen atoms in total. The molecule has 0 aliphatic rings. The molecule has 0 saturated heterocycles. The van der Waals surface area contributed by atoms with E-state index in [0.717, 1.165) is 30.5 Å². The summed E-state index contributed by atoms with van der Waals surface area (Å²) in [6, 6.07) is 7.31. The predicted molar refractivity (Wildman–Crippen MR) is 94.8 cm³/mol. The Hall–Kier alpha value is -2.33. The molecule has 0 aliphatic heterocycles. The molecule has 0 radical (unpaired) electrons. The molecule has 0 unspecified atom stereocenters. The molecule has 2 N–H and O–H groups in total. The fourth-order valence-electron chi connectivity index (χ4n) is 1.98. The maximum atomic E-state index is 12.9.